The molecule has 122 valence electrons. The van der Waals surface area contributed by atoms with Gasteiger partial charge < -0.3 is 20.1 Å². The number of benzene rings is 1. The molecule has 1 fully saturated rings. The van der Waals surface area contributed by atoms with Crippen molar-refractivity contribution in [1.82, 2.24) is 5.32 Å². The first-order chi connectivity index (χ1) is 10.3. The Kier molecular flexibility index (Phi) is 4.84. The zero-order chi connectivity index (χ0) is 16.3. The Hall–Kier alpha value is -1.91. The fourth-order valence-corrected chi connectivity index (χ4v) is 2.47. The van der Waals surface area contributed by atoms with E-state index in [1.54, 1.807) is 7.11 Å². The van der Waals surface area contributed by atoms with Crippen molar-refractivity contribution < 1.29 is 14.3 Å². The van der Waals surface area contributed by atoms with Crippen molar-refractivity contribution in [3.8, 4) is 5.75 Å². The van der Waals surface area contributed by atoms with E-state index in [4.69, 9.17) is 9.47 Å². The van der Waals surface area contributed by atoms with Crippen LogP contribution in [0.2, 0.25) is 0 Å². The van der Waals surface area contributed by atoms with Crippen LogP contribution < -0.4 is 15.4 Å². The standard InChI is InChI=1S/C17H26N2O3/c1-11-6-7-14(15(8-11)21-5)18-12-9-13(10-12)19-16(20)22-17(2,3)4/h6-8,12-13,18H,9-10H2,1-5H3,(H,19,20). The van der Waals surface area contributed by atoms with Crippen molar-refractivity contribution in [2.45, 2.75) is 58.2 Å². The number of hydrogen-bond acceptors (Lipinski definition) is 4. The molecule has 1 aliphatic rings. The summed E-state index contributed by atoms with van der Waals surface area (Å²) in [4.78, 5) is 11.7. The lowest BCUT2D eigenvalue weighted by atomic mass is 9.86. The first-order valence-corrected chi connectivity index (χ1v) is 7.67. The van der Waals surface area contributed by atoms with E-state index in [1.165, 1.54) is 5.56 Å². The summed E-state index contributed by atoms with van der Waals surface area (Å²) in [5, 5.41) is 6.35. The summed E-state index contributed by atoms with van der Waals surface area (Å²) >= 11 is 0. The fourth-order valence-electron chi connectivity index (χ4n) is 2.47. The molecule has 2 N–H and O–H groups in total. The van der Waals surface area contributed by atoms with Gasteiger partial charge in [-0.1, -0.05) is 6.07 Å². The molecule has 1 aliphatic carbocycles. The van der Waals surface area contributed by atoms with E-state index in [-0.39, 0.29) is 12.1 Å². The van der Waals surface area contributed by atoms with Crippen LogP contribution in [-0.4, -0.2) is 30.9 Å². The highest BCUT2D eigenvalue weighted by molar-refractivity contribution is 5.68. The summed E-state index contributed by atoms with van der Waals surface area (Å²) in [6.07, 6.45) is 1.43. The predicted octanol–water partition coefficient (Wildman–Crippen LogP) is 3.47. The van der Waals surface area contributed by atoms with Crippen molar-refractivity contribution in [2.24, 2.45) is 0 Å². The molecule has 5 nitrogen and oxygen atoms in total. The van der Waals surface area contributed by atoms with Crippen molar-refractivity contribution in [1.29, 1.82) is 0 Å². The molecule has 5 heteroatoms. The molecule has 0 atom stereocenters. The van der Waals surface area contributed by atoms with Crippen LogP contribution in [0.4, 0.5) is 10.5 Å². The third-order valence-electron chi connectivity index (χ3n) is 3.58. The summed E-state index contributed by atoms with van der Waals surface area (Å²) < 4.78 is 10.6. The highest BCUT2D eigenvalue weighted by Gasteiger charge is 2.32. The molecule has 1 aromatic carbocycles. The van der Waals surface area contributed by atoms with Gasteiger partial charge in [0.15, 0.2) is 0 Å². The second-order valence-electron chi connectivity index (χ2n) is 6.86. The van der Waals surface area contributed by atoms with Crippen LogP contribution >= 0.6 is 0 Å². The number of alkyl carbamates (subject to hydrolysis) is 1. The van der Waals surface area contributed by atoms with Gasteiger partial charge in [-0.25, -0.2) is 4.79 Å². The fraction of sp³-hybridized carbons (Fsp3) is 0.588. The number of carbonyl (C=O) groups is 1. The minimum atomic E-state index is -0.458. The third kappa shape index (κ3) is 4.55. The maximum Gasteiger partial charge on any atom is 0.407 e. The monoisotopic (exact) mass is 306 g/mol. The molecule has 1 aromatic rings. The van der Waals surface area contributed by atoms with E-state index >= 15 is 0 Å². The van der Waals surface area contributed by atoms with Gasteiger partial charge in [-0.3, -0.25) is 0 Å². The molecule has 2 rings (SSSR count). The molecule has 0 spiro atoms. The number of ether oxygens (including phenoxy) is 2. The molecule has 1 amide bonds. The van der Waals surface area contributed by atoms with Gasteiger partial charge in [0.05, 0.1) is 12.8 Å². The van der Waals surface area contributed by atoms with Gasteiger partial charge >= 0.3 is 6.09 Å². The quantitative estimate of drug-likeness (QED) is 0.894. The molecular formula is C17H26N2O3. The molecule has 22 heavy (non-hydrogen) atoms. The first kappa shape index (κ1) is 16.5. The second kappa shape index (κ2) is 6.46. The van der Waals surface area contributed by atoms with Crippen LogP contribution in [0.1, 0.15) is 39.2 Å². The largest absolute Gasteiger partial charge is 0.495 e. The minimum absolute atomic E-state index is 0.170. The molecule has 1 saturated carbocycles. The number of hydrogen-bond donors (Lipinski definition) is 2. The molecule has 0 aliphatic heterocycles. The Labute approximate surface area is 132 Å². The Balaban J connectivity index is 1.79. The molecular weight excluding hydrogens is 280 g/mol. The summed E-state index contributed by atoms with van der Waals surface area (Å²) in [5.74, 6) is 0.851. The highest BCUT2D eigenvalue weighted by Crippen LogP contribution is 2.30. The van der Waals surface area contributed by atoms with Crippen LogP contribution in [-0.2, 0) is 4.74 Å². The molecule has 0 radical (unpaired) electrons. The topological polar surface area (TPSA) is 59.6 Å². The maximum atomic E-state index is 11.7. The number of nitrogens with one attached hydrogen (secondary N) is 2. The Bertz CT molecular complexity index is 531. The Morgan fingerprint density at radius 3 is 2.50 bits per heavy atom. The molecule has 0 bridgehead atoms. The van der Waals surface area contributed by atoms with Gasteiger partial charge in [0.25, 0.3) is 0 Å². The van der Waals surface area contributed by atoms with Crippen LogP contribution in [0.15, 0.2) is 18.2 Å². The van der Waals surface area contributed by atoms with Crippen LogP contribution in [0.3, 0.4) is 0 Å². The average Bonchev–Trinajstić information content (AvgIpc) is 2.35. The number of methoxy groups -OCH3 is 1. The minimum Gasteiger partial charge on any atom is -0.495 e. The number of carbonyl (C=O) groups excluding carboxylic acids is 1. The average molecular weight is 306 g/mol. The summed E-state index contributed by atoms with van der Waals surface area (Å²) in [5.41, 5.74) is 1.70. The van der Waals surface area contributed by atoms with Gasteiger partial charge in [-0.05, 0) is 58.2 Å². The summed E-state index contributed by atoms with van der Waals surface area (Å²) in [6, 6.07) is 6.61. The van der Waals surface area contributed by atoms with Gasteiger partial charge in [0.2, 0.25) is 0 Å². The third-order valence-corrected chi connectivity index (χ3v) is 3.58. The lowest BCUT2D eigenvalue weighted by Gasteiger charge is -2.37. The van der Waals surface area contributed by atoms with Crippen LogP contribution in [0.5, 0.6) is 5.75 Å². The second-order valence-corrected chi connectivity index (χ2v) is 6.86. The summed E-state index contributed by atoms with van der Waals surface area (Å²) in [6.45, 7) is 7.63. The van der Waals surface area contributed by atoms with Crippen molar-refractivity contribution in [3.05, 3.63) is 23.8 Å². The highest BCUT2D eigenvalue weighted by atomic mass is 16.6. The van der Waals surface area contributed by atoms with Crippen LogP contribution in [0.25, 0.3) is 0 Å². The first-order valence-electron chi connectivity index (χ1n) is 7.67. The van der Waals surface area contributed by atoms with Gasteiger partial charge in [0.1, 0.15) is 11.4 Å². The number of rotatable bonds is 4. The van der Waals surface area contributed by atoms with Gasteiger partial charge in [-0.2, -0.15) is 0 Å². The van der Waals surface area contributed by atoms with E-state index in [0.717, 1.165) is 24.3 Å². The maximum absolute atomic E-state index is 11.7. The van der Waals surface area contributed by atoms with E-state index in [0.29, 0.717) is 6.04 Å². The number of aryl methyl sites for hydroxylation is 1. The lowest BCUT2D eigenvalue weighted by molar-refractivity contribution is 0.0475. The van der Waals surface area contributed by atoms with E-state index in [2.05, 4.69) is 16.7 Å². The van der Waals surface area contributed by atoms with Gasteiger partial charge in [0, 0.05) is 12.1 Å². The molecule has 0 unspecified atom stereocenters. The lowest BCUT2D eigenvalue weighted by Crippen LogP contribution is -2.50. The van der Waals surface area contributed by atoms with E-state index in [9.17, 15) is 4.79 Å². The Morgan fingerprint density at radius 2 is 1.91 bits per heavy atom. The molecule has 0 saturated heterocycles. The smallest absolute Gasteiger partial charge is 0.407 e. The van der Waals surface area contributed by atoms with E-state index < -0.39 is 5.60 Å². The normalized spacial score (nSPS) is 20.8. The molecule has 0 aromatic heterocycles. The zero-order valence-electron chi connectivity index (χ0n) is 14.0. The van der Waals surface area contributed by atoms with E-state index in [1.807, 2.05) is 39.8 Å². The van der Waals surface area contributed by atoms with Crippen molar-refractivity contribution in [2.75, 3.05) is 12.4 Å². The van der Waals surface area contributed by atoms with Crippen molar-refractivity contribution in [3.63, 3.8) is 0 Å². The predicted molar refractivity (Wildman–Crippen MR) is 87.5 cm³/mol. The molecule has 0 heterocycles. The number of amides is 1. The zero-order valence-corrected chi connectivity index (χ0v) is 14.0. The van der Waals surface area contributed by atoms with Crippen LogP contribution in [0, 0.1) is 6.92 Å². The summed E-state index contributed by atoms with van der Waals surface area (Å²) in [7, 11) is 1.67. The Morgan fingerprint density at radius 1 is 1.23 bits per heavy atom. The van der Waals surface area contributed by atoms with Gasteiger partial charge in [-0.15, -0.1) is 0 Å². The van der Waals surface area contributed by atoms with Crippen molar-refractivity contribution >= 4 is 11.8 Å². The number of anilines is 1. The SMILES string of the molecule is COc1cc(C)ccc1NC1CC(NC(=O)OC(C)(C)C)C1.